The van der Waals surface area contributed by atoms with Crippen molar-refractivity contribution < 1.29 is 19.2 Å². The zero-order valence-corrected chi connectivity index (χ0v) is 17.8. The number of ketones is 1. The number of carbonyl (C=O) groups excluding carboxylic acids is 4. The molecule has 1 atom stereocenters. The molecule has 0 spiro atoms. The van der Waals surface area contributed by atoms with Crippen molar-refractivity contribution in [3.8, 4) is 0 Å². The highest BCUT2D eigenvalue weighted by atomic mass is 32.2. The number of carbonyl (C=O) groups is 4. The minimum Gasteiger partial charge on any atom is -0.329 e. The van der Waals surface area contributed by atoms with E-state index in [9.17, 15) is 19.2 Å². The summed E-state index contributed by atoms with van der Waals surface area (Å²) >= 11 is 1.56. The molecule has 0 radical (unpaired) electrons. The quantitative estimate of drug-likeness (QED) is 0.426. The van der Waals surface area contributed by atoms with Gasteiger partial charge in [0, 0.05) is 23.2 Å². The van der Waals surface area contributed by atoms with Gasteiger partial charge in [-0.1, -0.05) is 12.6 Å². The summed E-state index contributed by atoms with van der Waals surface area (Å²) in [6, 6.07) is 7.72. The number of nitrogens with zero attached hydrogens (tertiary/aromatic N) is 2. The van der Waals surface area contributed by atoms with Crippen LogP contribution >= 0.6 is 11.8 Å². The fourth-order valence-electron chi connectivity index (χ4n) is 3.81. The van der Waals surface area contributed by atoms with Crippen LogP contribution in [0.25, 0.3) is 0 Å². The minimum atomic E-state index is -0.835. The number of thioether (sulfide) groups is 1. The lowest BCUT2D eigenvalue weighted by Crippen LogP contribution is -2.51. The second-order valence-electron chi connectivity index (χ2n) is 7.51. The van der Waals surface area contributed by atoms with Crippen LogP contribution in [0.3, 0.4) is 0 Å². The largest absolute Gasteiger partial charge is 0.329 e. The molecule has 1 unspecified atom stereocenters. The number of aromatic nitrogens is 1. The van der Waals surface area contributed by atoms with E-state index < -0.39 is 23.8 Å². The average Bonchev–Trinajstić information content (AvgIpc) is 3.02. The first-order valence-electron chi connectivity index (χ1n) is 9.91. The van der Waals surface area contributed by atoms with Gasteiger partial charge in [-0.15, -0.1) is 11.8 Å². The Labute approximate surface area is 183 Å². The standard InChI is InChI=1S/C23H21N3O4S/c1-13-3-9-19(21(28)25-13)26-22(29)16-7-4-14(11-17(16)23(26)30)5-10-20(27)18-8-6-15(31-2)12-24-18/h4,6-8,11-12,19H,1,3,5,9-10H2,2H3,(H,25,28). The normalized spacial score (nSPS) is 18.2. The summed E-state index contributed by atoms with van der Waals surface area (Å²) in [5.74, 6) is -1.42. The first-order chi connectivity index (χ1) is 14.9. The van der Waals surface area contributed by atoms with Crippen molar-refractivity contribution in [3.63, 3.8) is 0 Å². The van der Waals surface area contributed by atoms with E-state index in [0.717, 1.165) is 15.4 Å². The summed E-state index contributed by atoms with van der Waals surface area (Å²) in [5, 5.41) is 2.62. The van der Waals surface area contributed by atoms with Crippen LogP contribution < -0.4 is 5.32 Å². The Bertz CT molecular complexity index is 1110. The van der Waals surface area contributed by atoms with Crippen LogP contribution in [0.1, 0.15) is 56.0 Å². The van der Waals surface area contributed by atoms with Gasteiger partial charge in [-0.3, -0.25) is 29.1 Å². The van der Waals surface area contributed by atoms with Crippen molar-refractivity contribution in [2.75, 3.05) is 6.26 Å². The maximum absolute atomic E-state index is 12.9. The minimum absolute atomic E-state index is 0.0868. The molecule has 8 heteroatoms. The Balaban J connectivity index is 1.47. The highest BCUT2D eigenvalue weighted by Crippen LogP contribution is 2.29. The summed E-state index contributed by atoms with van der Waals surface area (Å²) in [7, 11) is 0. The SMILES string of the molecule is C=C1CCC(N2C(=O)c3ccc(CCC(=O)c4ccc(SC)cn4)cc3C2=O)C(=O)N1. The molecule has 158 valence electrons. The summed E-state index contributed by atoms with van der Waals surface area (Å²) in [5.41, 5.74) is 2.32. The number of pyridine rings is 1. The molecule has 0 saturated carbocycles. The van der Waals surface area contributed by atoms with Crippen LogP contribution in [0, 0.1) is 0 Å². The molecular formula is C23H21N3O4S. The number of aryl methyl sites for hydroxylation is 1. The number of hydrogen-bond acceptors (Lipinski definition) is 6. The molecular weight excluding hydrogens is 414 g/mol. The third kappa shape index (κ3) is 4.03. The zero-order valence-electron chi connectivity index (χ0n) is 17.0. The van der Waals surface area contributed by atoms with E-state index in [-0.39, 0.29) is 23.3 Å². The number of rotatable bonds is 6. The van der Waals surface area contributed by atoms with E-state index in [1.807, 2.05) is 12.3 Å². The first kappa shape index (κ1) is 21.0. The van der Waals surface area contributed by atoms with Gasteiger partial charge in [0.05, 0.1) is 11.1 Å². The van der Waals surface area contributed by atoms with E-state index in [2.05, 4.69) is 16.9 Å². The molecule has 0 aliphatic carbocycles. The maximum atomic E-state index is 12.9. The Morgan fingerprint density at radius 1 is 1.19 bits per heavy atom. The number of amides is 3. The lowest BCUT2D eigenvalue weighted by Gasteiger charge is -2.29. The molecule has 1 aromatic heterocycles. The number of piperidine rings is 1. The van der Waals surface area contributed by atoms with Crippen LogP contribution in [0.15, 0.2) is 53.7 Å². The fraction of sp³-hybridized carbons (Fsp3) is 0.261. The number of hydrogen-bond donors (Lipinski definition) is 1. The van der Waals surface area contributed by atoms with Crippen LogP contribution in [0.5, 0.6) is 0 Å². The van der Waals surface area contributed by atoms with Gasteiger partial charge in [0.1, 0.15) is 11.7 Å². The van der Waals surface area contributed by atoms with Crippen LogP contribution in [-0.2, 0) is 11.2 Å². The monoisotopic (exact) mass is 435 g/mol. The van der Waals surface area contributed by atoms with Gasteiger partial charge in [0.25, 0.3) is 11.8 Å². The smallest absolute Gasteiger partial charge is 0.262 e. The Morgan fingerprint density at radius 2 is 1.97 bits per heavy atom. The molecule has 31 heavy (non-hydrogen) atoms. The highest BCUT2D eigenvalue weighted by Gasteiger charge is 2.43. The third-order valence-corrected chi connectivity index (χ3v) is 6.23. The molecule has 2 aliphatic rings. The zero-order chi connectivity index (χ0) is 22.1. The molecule has 2 aromatic rings. The van der Waals surface area contributed by atoms with Crippen molar-refractivity contribution >= 4 is 35.3 Å². The van der Waals surface area contributed by atoms with Crippen molar-refractivity contribution in [2.24, 2.45) is 0 Å². The molecule has 2 aliphatic heterocycles. The summed E-state index contributed by atoms with van der Waals surface area (Å²) in [4.78, 5) is 56.7. The summed E-state index contributed by atoms with van der Waals surface area (Å²) in [6.07, 6.45) is 5.15. The van der Waals surface area contributed by atoms with Crippen LogP contribution in [0.4, 0.5) is 0 Å². The van der Waals surface area contributed by atoms with E-state index in [1.165, 1.54) is 0 Å². The van der Waals surface area contributed by atoms with Gasteiger partial charge < -0.3 is 5.32 Å². The molecule has 7 nitrogen and oxygen atoms in total. The molecule has 1 N–H and O–H groups in total. The van der Waals surface area contributed by atoms with Crippen molar-refractivity contribution in [2.45, 2.75) is 36.6 Å². The summed E-state index contributed by atoms with van der Waals surface area (Å²) in [6.45, 7) is 3.73. The van der Waals surface area contributed by atoms with Gasteiger partial charge in [-0.2, -0.15) is 0 Å². The predicted molar refractivity (Wildman–Crippen MR) is 116 cm³/mol. The number of nitrogens with one attached hydrogen (secondary N) is 1. The number of fused-ring (bicyclic) bond motifs is 1. The highest BCUT2D eigenvalue weighted by molar-refractivity contribution is 7.98. The van der Waals surface area contributed by atoms with E-state index in [0.29, 0.717) is 30.7 Å². The molecule has 0 bridgehead atoms. The second-order valence-corrected chi connectivity index (χ2v) is 8.39. The number of imide groups is 1. The van der Waals surface area contributed by atoms with Crippen molar-refractivity contribution in [1.29, 1.82) is 0 Å². The van der Waals surface area contributed by atoms with E-state index >= 15 is 0 Å². The van der Waals surface area contributed by atoms with Gasteiger partial charge in [0.15, 0.2) is 5.78 Å². The Morgan fingerprint density at radius 3 is 2.65 bits per heavy atom. The summed E-state index contributed by atoms with van der Waals surface area (Å²) < 4.78 is 0. The molecule has 1 aromatic carbocycles. The van der Waals surface area contributed by atoms with Gasteiger partial charge in [-0.25, -0.2) is 0 Å². The average molecular weight is 436 g/mol. The number of Topliss-reactive ketones (excluding diaryl/α,β-unsaturated/α-hetero) is 1. The molecule has 3 amide bonds. The lowest BCUT2D eigenvalue weighted by molar-refractivity contribution is -0.125. The molecule has 3 heterocycles. The Kier molecular flexibility index (Phi) is 5.73. The van der Waals surface area contributed by atoms with Crippen LogP contribution in [0.2, 0.25) is 0 Å². The molecule has 4 rings (SSSR count). The molecule has 1 saturated heterocycles. The second kappa shape index (κ2) is 8.47. The molecule has 1 fully saturated rings. The van der Waals surface area contributed by atoms with Crippen molar-refractivity contribution in [1.82, 2.24) is 15.2 Å². The number of benzene rings is 1. The maximum Gasteiger partial charge on any atom is 0.262 e. The fourth-order valence-corrected chi connectivity index (χ4v) is 4.17. The van der Waals surface area contributed by atoms with Crippen molar-refractivity contribution in [3.05, 3.63) is 71.2 Å². The first-order valence-corrected chi connectivity index (χ1v) is 11.1. The van der Waals surface area contributed by atoms with Gasteiger partial charge >= 0.3 is 0 Å². The topological polar surface area (TPSA) is 96.4 Å². The van der Waals surface area contributed by atoms with E-state index in [1.54, 1.807) is 42.2 Å². The lowest BCUT2D eigenvalue weighted by atomic mass is 10.0. The third-order valence-electron chi connectivity index (χ3n) is 5.51. The van der Waals surface area contributed by atoms with E-state index in [4.69, 9.17) is 0 Å². The number of allylic oxidation sites excluding steroid dienone is 1. The van der Waals surface area contributed by atoms with Crippen LogP contribution in [-0.4, -0.2) is 45.7 Å². The van der Waals surface area contributed by atoms with Gasteiger partial charge in [-0.05, 0) is 55.3 Å². The predicted octanol–water partition coefficient (Wildman–Crippen LogP) is 3.01. The van der Waals surface area contributed by atoms with Gasteiger partial charge in [0.2, 0.25) is 5.91 Å². The Hall–Kier alpha value is -3.26.